The SMILES string of the molecule is CC/C=C\C/C=C\C/C=C\C/C=C\C/C=C\C/C=C\C/C=C\CCCCCCCCCCCCCCCC(=O)OCC(COC(=O)CCCCCCC/C=C\CCCCC)OC(=O)CCCC/C=C\C/C=C\C/C=C\C/C=C\CC. The number of unbranched alkanes of at least 4 members (excludes halogenated alkanes) is 23. The number of carbonyl (C=O) groups excluding carboxylic acids is 3. The molecule has 0 saturated heterocycles. The number of esters is 3. The van der Waals surface area contributed by atoms with Crippen molar-refractivity contribution < 1.29 is 28.6 Å². The standard InChI is InChI=1S/C74H120O6/c1-4-7-10-13-16-19-22-25-27-28-29-30-31-32-33-34-35-36-37-38-39-40-41-42-43-44-45-46-48-49-52-55-58-61-64-67-73(76)79-70-71(69-78-72(75)66-63-60-57-54-51-24-21-18-15-12-9-6-3)80-74(77)68-65-62-59-56-53-50-47-26-23-20-17-14-11-8-5-2/h7-8,10-11,16-21,25-27,29-30,32-33,35-36,38-39,47,53,56,71H,4-6,9,12-15,22-24,28,31,34,37,40-46,48-52,54-55,57-70H2,1-3H3/b10-7-,11-8-,19-16-,20-17-,21-18-,27-25-,30-29-,33-32-,36-35-,39-38-,47-26-,56-53-. The molecule has 0 aliphatic rings. The summed E-state index contributed by atoms with van der Waals surface area (Å²) in [6, 6.07) is 0. The van der Waals surface area contributed by atoms with E-state index in [4.69, 9.17) is 14.2 Å². The molecule has 0 aliphatic carbocycles. The first-order valence-corrected chi connectivity index (χ1v) is 32.8. The summed E-state index contributed by atoms with van der Waals surface area (Å²) in [4.78, 5) is 38.2. The van der Waals surface area contributed by atoms with Crippen molar-refractivity contribution in [3.63, 3.8) is 0 Å². The van der Waals surface area contributed by atoms with Gasteiger partial charge >= 0.3 is 17.9 Å². The number of ether oxygens (including phenoxy) is 3. The smallest absolute Gasteiger partial charge is 0.306 e. The van der Waals surface area contributed by atoms with Gasteiger partial charge in [-0.15, -0.1) is 0 Å². The average molecular weight is 1110 g/mol. The Labute approximate surface area is 493 Å². The predicted octanol–water partition coefficient (Wildman–Crippen LogP) is 22.7. The molecule has 0 N–H and O–H groups in total. The third kappa shape index (κ3) is 64.1. The van der Waals surface area contributed by atoms with E-state index in [1.54, 1.807) is 0 Å². The molecular weight excluding hydrogens is 985 g/mol. The molecule has 0 aliphatic heterocycles. The molecule has 452 valence electrons. The van der Waals surface area contributed by atoms with Crippen LogP contribution in [0.5, 0.6) is 0 Å². The molecule has 6 heteroatoms. The van der Waals surface area contributed by atoms with Crippen LogP contribution in [0.4, 0.5) is 0 Å². The molecule has 0 spiro atoms. The van der Waals surface area contributed by atoms with Crippen LogP contribution < -0.4 is 0 Å². The Morgan fingerprint density at radius 1 is 0.263 bits per heavy atom. The molecule has 0 aromatic carbocycles. The fourth-order valence-electron chi connectivity index (χ4n) is 8.70. The van der Waals surface area contributed by atoms with Gasteiger partial charge in [-0.25, -0.2) is 0 Å². The first-order valence-electron chi connectivity index (χ1n) is 32.8. The van der Waals surface area contributed by atoms with Gasteiger partial charge in [0.1, 0.15) is 13.2 Å². The number of allylic oxidation sites excluding steroid dienone is 24. The highest BCUT2D eigenvalue weighted by Gasteiger charge is 2.19. The Hall–Kier alpha value is -4.71. The van der Waals surface area contributed by atoms with E-state index in [0.29, 0.717) is 19.3 Å². The van der Waals surface area contributed by atoms with Gasteiger partial charge in [-0.1, -0.05) is 269 Å². The van der Waals surface area contributed by atoms with E-state index in [1.165, 1.54) is 103 Å². The van der Waals surface area contributed by atoms with Gasteiger partial charge in [0.15, 0.2) is 6.10 Å². The predicted molar refractivity (Wildman–Crippen MR) is 348 cm³/mol. The summed E-state index contributed by atoms with van der Waals surface area (Å²) in [5, 5.41) is 0. The molecule has 0 heterocycles. The molecule has 0 saturated carbocycles. The highest BCUT2D eigenvalue weighted by molar-refractivity contribution is 5.71. The van der Waals surface area contributed by atoms with Crippen LogP contribution in [-0.4, -0.2) is 37.2 Å². The minimum absolute atomic E-state index is 0.101. The van der Waals surface area contributed by atoms with E-state index < -0.39 is 6.10 Å². The maximum absolute atomic E-state index is 12.9. The van der Waals surface area contributed by atoms with E-state index in [1.807, 2.05) is 0 Å². The number of carbonyl (C=O) groups is 3. The zero-order chi connectivity index (χ0) is 57.8. The molecule has 0 amide bonds. The second kappa shape index (κ2) is 66.8. The van der Waals surface area contributed by atoms with Crippen LogP contribution in [0.3, 0.4) is 0 Å². The van der Waals surface area contributed by atoms with Gasteiger partial charge in [0.25, 0.3) is 0 Å². The molecule has 0 fully saturated rings. The second-order valence-corrected chi connectivity index (χ2v) is 21.3. The van der Waals surface area contributed by atoms with Crippen LogP contribution in [0.15, 0.2) is 146 Å². The first kappa shape index (κ1) is 75.3. The van der Waals surface area contributed by atoms with Gasteiger partial charge in [0.2, 0.25) is 0 Å². The summed E-state index contributed by atoms with van der Waals surface area (Å²) in [6.45, 7) is 6.34. The van der Waals surface area contributed by atoms with E-state index in [9.17, 15) is 14.4 Å². The van der Waals surface area contributed by atoms with Gasteiger partial charge < -0.3 is 14.2 Å². The summed E-state index contributed by atoms with van der Waals surface area (Å²) < 4.78 is 16.8. The molecule has 80 heavy (non-hydrogen) atoms. The molecule has 1 atom stereocenters. The molecule has 0 rings (SSSR count). The topological polar surface area (TPSA) is 78.9 Å². The largest absolute Gasteiger partial charge is 0.462 e. The molecule has 0 radical (unpaired) electrons. The van der Waals surface area contributed by atoms with Gasteiger partial charge in [-0.3, -0.25) is 14.4 Å². The van der Waals surface area contributed by atoms with Crippen LogP contribution in [0, 0.1) is 0 Å². The Morgan fingerprint density at radius 3 is 0.800 bits per heavy atom. The zero-order valence-corrected chi connectivity index (χ0v) is 51.8. The summed E-state index contributed by atoms with van der Waals surface area (Å²) in [5.41, 5.74) is 0. The second-order valence-electron chi connectivity index (χ2n) is 21.3. The lowest BCUT2D eigenvalue weighted by Crippen LogP contribution is -2.30. The van der Waals surface area contributed by atoms with Crippen molar-refractivity contribution in [1.82, 2.24) is 0 Å². The molecular formula is C74H120O6. The van der Waals surface area contributed by atoms with Gasteiger partial charge in [-0.2, -0.15) is 0 Å². The Balaban J connectivity index is 4.21. The van der Waals surface area contributed by atoms with E-state index in [2.05, 4.69) is 167 Å². The number of rotatable bonds is 58. The van der Waals surface area contributed by atoms with E-state index >= 15 is 0 Å². The minimum atomic E-state index is -0.808. The summed E-state index contributed by atoms with van der Waals surface area (Å²) in [6.07, 6.45) is 95.9. The summed E-state index contributed by atoms with van der Waals surface area (Å²) >= 11 is 0. The van der Waals surface area contributed by atoms with Gasteiger partial charge in [-0.05, 0) is 141 Å². The minimum Gasteiger partial charge on any atom is -0.462 e. The van der Waals surface area contributed by atoms with Crippen molar-refractivity contribution in [2.75, 3.05) is 13.2 Å². The summed E-state index contributed by atoms with van der Waals surface area (Å²) in [5.74, 6) is -0.953. The first-order chi connectivity index (χ1) is 39.5. The Bertz CT molecular complexity index is 1750. The van der Waals surface area contributed by atoms with Crippen molar-refractivity contribution in [1.29, 1.82) is 0 Å². The van der Waals surface area contributed by atoms with Crippen molar-refractivity contribution in [2.24, 2.45) is 0 Å². The highest BCUT2D eigenvalue weighted by atomic mass is 16.6. The Kier molecular flexibility index (Phi) is 62.9. The average Bonchev–Trinajstić information content (AvgIpc) is 3.46. The normalized spacial score (nSPS) is 13.1. The molecule has 1 unspecified atom stereocenters. The van der Waals surface area contributed by atoms with Gasteiger partial charge in [0.05, 0.1) is 0 Å². The maximum atomic E-state index is 12.9. The zero-order valence-electron chi connectivity index (χ0n) is 51.8. The lowest BCUT2D eigenvalue weighted by Gasteiger charge is -2.18. The fraction of sp³-hybridized carbons (Fsp3) is 0.635. The quantitative estimate of drug-likeness (QED) is 0.0261. The molecule has 0 aromatic heterocycles. The molecule has 6 nitrogen and oxygen atoms in total. The van der Waals surface area contributed by atoms with Crippen LogP contribution in [0.2, 0.25) is 0 Å². The van der Waals surface area contributed by atoms with Crippen LogP contribution in [-0.2, 0) is 28.6 Å². The van der Waals surface area contributed by atoms with Crippen LogP contribution >= 0.6 is 0 Å². The lowest BCUT2D eigenvalue weighted by molar-refractivity contribution is -0.167. The third-order valence-electron chi connectivity index (χ3n) is 13.6. The van der Waals surface area contributed by atoms with Crippen molar-refractivity contribution in [3.05, 3.63) is 146 Å². The third-order valence-corrected chi connectivity index (χ3v) is 13.6. The Morgan fingerprint density at radius 2 is 0.487 bits per heavy atom. The monoisotopic (exact) mass is 1100 g/mol. The van der Waals surface area contributed by atoms with E-state index in [-0.39, 0.29) is 37.5 Å². The fourth-order valence-corrected chi connectivity index (χ4v) is 8.70. The summed E-state index contributed by atoms with van der Waals surface area (Å²) in [7, 11) is 0. The lowest BCUT2D eigenvalue weighted by atomic mass is 10.0. The number of hydrogen-bond acceptors (Lipinski definition) is 6. The molecule has 0 aromatic rings. The van der Waals surface area contributed by atoms with Crippen molar-refractivity contribution in [2.45, 2.75) is 290 Å². The van der Waals surface area contributed by atoms with Crippen LogP contribution in [0.1, 0.15) is 284 Å². The molecule has 0 bridgehead atoms. The van der Waals surface area contributed by atoms with Crippen molar-refractivity contribution in [3.8, 4) is 0 Å². The maximum Gasteiger partial charge on any atom is 0.306 e. The highest BCUT2D eigenvalue weighted by Crippen LogP contribution is 2.15. The van der Waals surface area contributed by atoms with E-state index in [0.717, 1.165) is 135 Å². The van der Waals surface area contributed by atoms with Gasteiger partial charge in [0, 0.05) is 19.3 Å². The number of hydrogen-bond donors (Lipinski definition) is 0. The van der Waals surface area contributed by atoms with Crippen LogP contribution in [0.25, 0.3) is 0 Å². The van der Waals surface area contributed by atoms with Crippen molar-refractivity contribution >= 4 is 17.9 Å².